The van der Waals surface area contributed by atoms with Crippen LogP contribution in [-0.2, 0) is 0 Å². The van der Waals surface area contributed by atoms with Gasteiger partial charge in [0.2, 0.25) is 0 Å². The molecular formula is C7H19BN2O. The molecule has 0 unspecified atom stereocenters. The summed E-state index contributed by atoms with van der Waals surface area (Å²) in [6.07, 6.45) is 0. The van der Waals surface area contributed by atoms with Gasteiger partial charge in [-0.05, 0) is 13.9 Å². The average molecular weight is 158 g/mol. The number of rotatable bonds is 5. The van der Waals surface area contributed by atoms with Crippen LogP contribution in [0.1, 0.15) is 13.8 Å². The molecule has 0 aromatic rings. The molecule has 4 heteroatoms. The van der Waals surface area contributed by atoms with Gasteiger partial charge in [0.25, 0.3) is 0 Å². The van der Waals surface area contributed by atoms with E-state index in [2.05, 4.69) is 19.2 Å². The maximum atomic E-state index is 9.08. The van der Waals surface area contributed by atoms with Crippen molar-refractivity contribution < 1.29 is 5.02 Å². The standard InChI is InChI=1S/C7H19BN2O/c1-7(2)9-5-6-10(4)8(3)11/h7,9,11H,5-6H2,1-4H3. The molecule has 0 aliphatic heterocycles. The van der Waals surface area contributed by atoms with E-state index >= 15 is 0 Å². The summed E-state index contributed by atoms with van der Waals surface area (Å²) >= 11 is 0. The number of likely N-dealkylation sites (N-methyl/N-ethyl adjacent to an activating group) is 1. The molecule has 0 heterocycles. The second-order valence-corrected chi connectivity index (χ2v) is 3.22. The molecule has 2 N–H and O–H groups in total. The number of nitrogens with zero attached hydrogens (tertiary/aromatic N) is 1. The fourth-order valence-electron chi connectivity index (χ4n) is 0.716. The van der Waals surface area contributed by atoms with Crippen molar-refractivity contribution in [3.05, 3.63) is 0 Å². The van der Waals surface area contributed by atoms with Crippen molar-refractivity contribution in [3.8, 4) is 0 Å². The van der Waals surface area contributed by atoms with Crippen LogP contribution < -0.4 is 5.32 Å². The van der Waals surface area contributed by atoms with Crippen molar-refractivity contribution in [1.29, 1.82) is 0 Å². The quantitative estimate of drug-likeness (QED) is 0.554. The van der Waals surface area contributed by atoms with E-state index in [1.54, 1.807) is 6.82 Å². The van der Waals surface area contributed by atoms with Crippen LogP contribution >= 0.6 is 0 Å². The monoisotopic (exact) mass is 158 g/mol. The summed E-state index contributed by atoms with van der Waals surface area (Å²) in [4.78, 5) is 1.90. The normalized spacial score (nSPS) is 11.2. The molecule has 0 aliphatic rings. The molecule has 11 heavy (non-hydrogen) atoms. The highest BCUT2D eigenvalue weighted by atomic mass is 16.2. The Kier molecular flexibility index (Phi) is 5.55. The van der Waals surface area contributed by atoms with E-state index in [1.165, 1.54) is 0 Å². The lowest BCUT2D eigenvalue weighted by atomic mass is 9.86. The lowest BCUT2D eigenvalue weighted by molar-refractivity contribution is 0.405. The predicted octanol–water partition coefficient (Wildman–Crippen LogP) is 0.0265. The first-order chi connectivity index (χ1) is 5.04. The second kappa shape index (κ2) is 5.58. The zero-order valence-electron chi connectivity index (χ0n) is 7.96. The summed E-state index contributed by atoms with van der Waals surface area (Å²) in [5, 5.41) is 12.4. The Morgan fingerprint density at radius 2 is 2.09 bits per heavy atom. The van der Waals surface area contributed by atoms with Gasteiger partial charge in [0.05, 0.1) is 0 Å². The smallest absolute Gasteiger partial charge is 0.376 e. The molecular weight excluding hydrogens is 139 g/mol. The SMILES string of the molecule is CB(O)N(C)CCNC(C)C. The van der Waals surface area contributed by atoms with Crippen molar-refractivity contribution in [2.75, 3.05) is 20.1 Å². The van der Waals surface area contributed by atoms with Gasteiger partial charge in [-0.2, -0.15) is 0 Å². The van der Waals surface area contributed by atoms with Crippen LogP contribution in [0.3, 0.4) is 0 Å². The number of hydrogen-bond acceptors (Lipinski definition) is 3. The largest absolute Gasteiger partial charge is 0.437 e. The van der Waals surface area contributed by atoms with Gasteiger partial charge in [-0.1, -0.05) is 13.8 Å². The van der Waals surface area contributed by atoms with Crippen molar-refractivity contribution >= 4 is 7.05 Å². The second-order valence-electron chi connectivity index (χ2n) is 3.22. The summed E-state index contributed by atoms with van der Waals surface area (Å²) in [5.74, 6) is 0. The molecule has 0 saturated carbocycles. The van der Waals surface area contributed by atoms with Gasteiger partial charge in [-0.3, -0.25) is 0 Å². The van der Waals surface area contributed by atoms with Gasteiger partial charge in [-0.15, -0.1) is 0 Å². The Labute approximate surface area is 69.9 Å². The summed E-state index contributed by atoms with van der Waals surface area (Å²) in [5.41, 5.74) is 0. The fourth-order valence-corrected chi connectivity index (χ4v) is 0.716. The molecule has 0 bridgehead atoms. The highest BCUT2D eigenvalue weighted by Crippen LogP contribution is 1.84. The third-order valence-corrected chi connectivity index (χ3v) is 1.65. The topological polar surface area (TPSA) is 35.5 Å². The van der Waals surface area contributed by atoms with Crippen molar-refractivity contribution in [1.82, 2.24) is 10.1 Å². The predicted molar refractivity (Wildman–Crippen MR) is 49.6 cm³/mol. The van der Waals surface area contributed by atoms with Gasteiger partial charge in [-0.25, -0.2) is 0 Å². The first-order valence-corrected chi connectivity index (χ1v) is 4.15. The molecule has 0 rings (SSSR count). The zero-order valence-corrected chi connectivity index (χ0v) is 7.96. The van der Waals surface area contributed by atoms with Crippen LogP contribution in [0.2, 0.25) is 6.82 Å². The Morgan fingerprint density at radius 1 is 1.55 bits per heavy atom. The van der Waals surface area contributed by atoms with Gasteiger partial charge in [0.15, 0.2) is 0 Å². The lowest BCUT2D eigenvalue weighted by Gasteiger charge is -2.18. The Morgan fingerprint density at radius 3 is 2.45 bits per heavy atom. The Hall–Kier alpha value is -0.0551. The van der Waals surface area contributed by atoms with Gasteiger partial charge in [0, 0.05) is 19.1 Å². The Balaban J connectivity index is 3.24. The number of hydrogen-bond donors (Lipinski definition) is 2. The van der Waals surface area contributed by atoms with Gasteiger partial charge >= 0.3 is 7.05 Å². The summed E-state index contributed by atoms with van der Waals surface area (Å²) in [6, 6.07) is 0.525. The molecule has 66 valence electrons. The van der Waals surface area contributed by atoms with E-state index in [1.807, 2.05) is 11.9 Å². The third kappa shape index (κ3) is 6.35. The molecule has 0 aliphatic carbocycles. The van der Waals surface area contributed by atoms with Crippen LogP contribution in [0.5, 0.6) is 0 Å². The van der Waals surface area contributed by atoms with E-state index < -0.39 is 0 Å². The Bertz CT molecular complexity index is 98.4. The molecule has 0 spiro atoms. The van der Waals surface area contributed by atoms with Crippen LogP contribution in [0.4, 0.5) is 0 Å². The molecule has 3 nitrogen and oxygen atoms in total. The summed E-state index contributed by atoms with van der Waals surface area (Å²) in [7, 11) is 1.57. The van der Waals surface area contributed by atoms with Crippen molar-refractivity contribution in [2.24, 2.45) is 0 Å². The zero-order chi connectivity index (χ0) is 8.85. The highest BCUT2D eigenvalue weighted by Gasteiger charge is 2.09. The van der Waals surface area contributed by atoms with Crippen LogP contribution in [0.25, 0.3) is 0 Å². The molecule has 0 aromatic carbocycles. The maximum absolute atomic E-state index is 9.08. The van der Waals surface area contributed by atoms with E-state index in [0.29, 0.717) is 6.04 Å². The third-order valence-electron chi connectivity index (χ3n) is 1.65. The first kappa shape index (κ1) is 10.9. The summed E-state index contributed by atoms with van der Waals surface area (Å²) in [6.45, 7) is 7.81. The average Bonchev–Trinajstić information content (AvgIpc) is 1.86. The molecule has 0 atom stereocenters. The maximum Gasteiger partial charge on any atom is 0.376 e. The molecule has 0 amide bonds. The van der Waals surface area contributed by atoms with Crippen molar-refractivity contribution in [2.45, 2.75) is 26.7 Å². The van der Waals surface area contributed by atoms with Crippen LogP contribution in [-0.4, -0.2) is 43.1 Å². The minimum atomic E-state index is -0.344. The summed E-state index contributed by atoms with van der Waals surface area (Å²) < 4.78 is 0. The van der Waals surface area contributed by atoms with Gasteiger partial charge in [0.1, 0.15) is 0 Å². The minimum absolute atomic E-state index is 0.344. The minimum Gasteiger partial charge on any atom is -0.437 e. The fraction of sp³-hybridized carbons (Fsp3) is 1.00. The molecule has 0 aromatic heterocycles. The number of nitrogens with one attached hydrogen (secondary N) is 1. The van der Waals surface area contributed by atoms with Crippen LogP contribution in [0.15, 0.2) is 0 Å². The van der Waals surface area contributed by atoms with Crippen LogP contribution in [0, 0.1) is 0 Å². The highest BCUT2D eigenvalue weighted by molar-refractivity contribution is 6.45. The van der Waals surface area contributed by atoms with Gasteiger partial charge < -0.3 is 15.2 Å². The lowest BCUT2D eigenvalue weighted by Crippen LogP contribution is -2.39. The van der Waals surface area contributed by atoms with E-state index in [9.17, 15) is 0 Å². The molecule has 0 fully saturated rings. The first-order valence-electron chi connectivity index (χ1n) is 4.15. The van der Waals surface area contributed by atoms with E-state index in [-0.39, 0.29) is 7.05 Å². The molecule has 0 radical (unpaired) electrons. The van der Waals surface area contributed by atoms with E-state index in [4.69, 9.17) is 5.02 Å². The van der Waals surface area contributed by atoms with Crippen molar-refractivity contribution in [3.63, 3.8) is 0 Å². The van der Waals surface area contributed by atoms with E-state index in [0.717, 1.165) is 13.1 Å². The molecule has 0 saturated heterocycles.